The van der Waals surface area contributed by atoms with Gasteiger partial charge in [-0.25, -0.2) is 0 Å². The highest BCUT2D eigenvalue weighted by Crippen LogP contribution is 2.18. The largest absolute Gasteiger partial charge is 0.250 e. The second-order valence-corrected chi connectivity index (χ2v) is 3.25. The number of alkyl halides is 1. The highest BCUT2D eigenvalue weighted by Gasteiger charge is 2.06. The molecule has 0 atom stereocenters. The van der Waals surface area contributed by atoms with E-state index in [0.717, 1.165) is 22.6 Å². The van der Waals surface area contributed by atoms with E-state index in [4.69, 9.17) is 0 Å². The van der Waals surface area contributed by atoms with Gasteiger partial charge in [0.05, 0.1) is 6.67 Å². The molecule has 0 heterocycles. The van der Waals surface area contributed by atoms with Gasteiger partial charge in [-0.1, -0.05) is 43.3 Å². The number of rotatable bonds is 3. The molecule has 1 radical (unpaired) electrons. The molecule has 0 spiro atoms. The van der Waals surface area contributed by atoms with Crippen molar-refractivity contribution in [3.05, 3.63) is 47.4 Å². The van der Waals surface area contributed by atoms with E-state index >= 15 is 0 Å². The summed E-state index contributed by atoms with van der Waals surface area (Å²) < 4.78 is 12.4. The first-order valence-electron chi connectivity index (χ1n) is 4.30. The molecule has 0 saturated heterocycles. The fraction of sp³-hybridized carbons (Fsp3) is 0.250. The molecule has 0 amide bonds. The van der Waals surface area contributed by atoms with E-state index in [0.29, 0.717) is 0 Å². The van der Waals surface area contributed by atoms with Crippen molar-refractivity contribution in [1.82, 2.24) is 0 Å². The fourth-order valence-corrected chi connectivity index (χ4v) is 1.25. The Balaban J connectivity index is 3.07. The lowest BCUT2D eigenvalue weighted by Gasteiger charge is -2.08. The first-order chi connectivity index (χ1) is 6.17. The summed E-state index contributed by atoms with van der Waals surface area (Å²) in [5, 5.41) is 0. The SMILES string of the molecule is C=Cc1cc(C)cc([C](C)CF)c1. The van der Waals surface area contributed by atoms with Crippen LogP contribution in [0.4, 0.5) is 4.39 Å². The van der Waals surface area contributed by atoms with Gasteiger partial charge in [0.25, 0.3) is 0 Å². The van der Waals surface area contributed by atoms with Gasteiger partial charge in [-0.3, -0.25) is 4.39 Å². The van der Waals surface area contributed by atoms with Crippen LogP contribution in [0.3, 0.4) is 0 Å². The predicted molar refractivity (Wildman–Crippen MR) is 55.3 cm³/mol. The van der Waals surface area contributed by atoms with Gasteiger partial charge in [-0.2, -0.15) is 0 Å². The molecule has 0 aliphatic carbocycles. The number of halogens is 1. The number of aryl methyl sites for hydroxylation is 1. The van der Waals surface area contributed by atoms with Gasteiger partial charge >= 0.3 is 0 Å². The molecule has 0 bridgehead atoms. The molecule has 1 aromatic rings. The van der Waals surface area contributed by atoms with Crippen LogP contribution < -0.4 is 0 Å². The molecule has 0 unspecified atom stereocenters. The van der Waals surface area contributed by atoms with Crippen molar-refractivity contribution in [3.63, 3.8) is 0 Å². The minimum Gasteiger partial charge on any atom is -0.250 e. The first-order valence-corrected chi connectivity index (χ1v) is 4.30. The number of hydrogen-bond acceptors (Lipinski definition) is 0. The zero-order valence-corrected chi connectivity index (χ0v) is 8.10. The zero-order valence-electron chi connectivity index (χ0n) is 8.10. The molecular formula is C12H14F. The van der Waals surface area contributed by atoms with Crippen LogP contribution in [0, 0.1) is 12.8 Å². The van der Waals surface area contributed by atoms with Gasteiger partial charge < -0.3 is 0 Å². The Bertz CT molecular complexity index is 302. The van der Waals surface area contributed by atoms with Gasteiger partial charge in [0, 0.05) is 5.92 Å². The molecule has 1 aromatic carbocycles. The third-order valence-electron chi connectivity index (χ3n) is 2.03. The van der Waals surface area contributed by atoms with Gasteiger partial charge in [0.2, 0.25) is 0 Å². The first kappa shape index (κ1) is 9.97. The molecule has 0 aliphatic heterocycles. The minimum absolute atomic E-state index is 0.389. The maximum atomic E-state index is 12.4. The van der Waals surface area contributed by atoms with Crippen LogP contribution in [0.15, 0.2) is 24.8 Å². The molecule has 0 N–H and O–H groups in total. The van der Waals surface area contributed by atoms with Gasteiger partial charge in [-0.15, -0.1) is 0 Å². The normalized spacial score (nSPS) is 10.5. The van der Waals surface area contributed by atoms with Crippen molar-refractivity contribution in [2.24, 2.45) is 0 Å². The highest BCUT2D eigenvalue weighted by atomic mass is 19.1. The predicted octanol–water partition coefficient (Wildman–Crippen LogP) is 3.55. The Hall–Kier alpha value is -1.11. The summed E-state index contributed by atoms with van der Waals surface area (Å²) >= 11 is 0. The Morgan fingerprint density at radius 1 is 1.46 bits per heavy atom. The lowest BCUT2D eigenvalue weighted by molar-refractivity contribution is 0.516. The number of benzene rings is 1. The summed E-state index contributed by atoms with van der Waals surface area (Å²) in [5.41, 5.74) is 3.15. The average Bonchev–Trinajstić information content (AvgIpc) is 2.15. The average molecular weight is 177 g/mol. The van der Waals surface area contributed by atoms with E-state index in [-0.39, 0.29) is 6.67 Å². The fourth-order valence-electron chi connectivity index (χ4n) is 1.25. The summed E-state index contributed by atoms with van der Waals surface area (Å²) in [6.07, 6.45) is 1.78. The van der Waals surface area contributed by atoms with Crippen LogP contribution in [0.25, 0.3) is 6.08 Å². The van der Waals surface area contributed by atoms with Crippen molar-refractivity contribution in [2.75, 3.05) is 6.67 Å². The summed E-state index contributed by atoms with van der Waals surface area (Å²) in [6.45, 7) is 7.12. The van der Waals surface area contributed by atoms with Crippen LogP contribution >= 0.6 is 0 Å². The molecule has 13 heavy (non-hydrogen) atoms. The topological polar surface area (TPSA) is 0 Å². The van der Waals surface area contributed by atoms with Crippen LogP contribution in [-0.4, -0.2) is 6.67 Å². The second-order valence-electron chi connectivity index (χ2n) is 3.25. The third kappa shape index (κ3) is 2.41. The van der Waals surface area contributed by atoms with Crippen molar-refractivity contribution < 1.29 is 4.39 Å². The summed E-state index contributed by atoms with van der Waals surface area (Å²) in [5.74, 6) is 0.770. The molecule has 69 valence electrons. The molecule has 0 saturated carbocycles. The van der Waals surface area contributed by atoms with E-state index in [1.165, 1.54) is 0 Å². The molecule has 1 heteroatoms. The molecular weight excluding hydrogens is 163 g/mol. The minimum atomic E-state index is -0.389. The second kappa shape index (κ2) is 4.22. The van der Waals surface area contributed by atoms with E-state index in [1.807, 2.05) is 32.0 Å². The summed E-state index contributed by atoms with van der Waals surface area (Å²) in [4.78, 5) is 0. The van der Waals surface area contributed by atoms with Crippen molar-refractivity contribution in [3.8, 4) is 0 Å². The van der Waals surface area contributed by atoms with Gasteiger partial charge in [-0.05, 0) is 18.1 Å². The maximum absolute atomic E-state index is 12.4. The van der Waals surface area contributed by atoms with Crippen LogP contribution in [-0.2, 0) is 0 Å². The van der Waals surface area contributed by atoms with Crippen molar-refractivity contribution in [2.45, 2.75) is 13.8 Å². The quantitative estimate of drug-likeness (QED) is 0.662. The molecule has 0 nitrogen and oxygen atoms in total. The van der Waals surface area contributed by atoms with Crippen LogP contribution in [0.2, 0.25) is 0 Å². The van der Waals surface area contributed by atoms with Crippen molar-refractivity contribution in [1.29, 1.82) is 0 Å². The van der Waals surface area contributed by atoms with Gasteiger partial charge in [0.15, 0.2) is 0 Å². The Morgan fingerprint density at radius 2 is 2.15 bits per heavy atom. The monoisotopic (exact) mass is 177 g/mol. The standard InChI is InChI=1S/C12H14F/c1-4-11-5-9(2)6-12(7-11)10(3)8-13/h4-7H,1,8H2,2-3H3. The molecule has 0 aliphatic rings. The Labute approximate surface area is 79.1 Å². The van der Waals surface area contributed by atoms with E-state index in [1.54, 1.807) is 6.08 Å². The maximum Gasteiger partial charge on any atom is 0.0997 e. The lowest BCUT2D eigenvalue weighted by atomic mass is 9.98. The lowest BCUT2D eigenvalue weighted by Crippen LogP contribution is -1.97. The molecule has 0 fully saturated rings. The van der Waals surface area contributed by atoms with E-state index < -0.39 is 0 Å². The van der Waals surface area contributed by atoms with Crippen molar-refractivity contribution >= 4 is 6.08 Å². The molecule has 0 aromatic heterocycles. The van der Waals surface area contributed by atoms with E-state index in [2.05, 4.69) is 6.58 Å². The summed E-state index contributed by atoms with van der Waals surface area (Å²) in [7, 11) is 0. The Morgan fingerprint density at radius 3 is 2.69 bits per heavy atom. The Kier molecular flexibility index (Phi) is 3.24. The van der Waals surface area contributed by atoms with Crippen LogP contribution in [0.1, 0.15) is 23.6 Å². The smallest absolute Gasteiger partial charge is 0.0997 e. The highest BCUT2D eigenvalue weighted by molar-refractivity contribution is 5.52. The zero-order chi connectivity index (χ0) is 9.84. The summed E-state index contributed by atoms with van der Waals surface area (Å²) in [6, 6.07) is 5.97. The molecule has 1 rings (SSSR count). The van der Waals surface area contributed by atoms with Crippen LogP contribution in [0.5, 0.6) is 0 Å². The van der Waals surface area contributed by atoms with E-state index in [9.17, 15) is 4.39 Å². The third-order valence-corrected chi connectivity index (χ3v) is 2.03. The van der Waals surface area contributed by atoms with Gasteiger partial charge in [0.1, 0.15) is 0 Å². The number of hydrogen-bond donors (Lipinski definition) is 0.